The summed E-state index contributed by atoms with van der Waals surface area (Å²) in [5.74, 6) is 0.158. The Kier molecular flexibility index (Phi) is 3.78. The molecule has 0 bridgehead atoms. The normalized spacial score (nSPS) is 28.6. The Hall–Kier alpha value is -2.37. The van der Waals surface area contributed by atoms with Crippen LogP contribution < -0.4 is 0 Å². The van der Waals surface area contributed by atoms with E-state index in [1.54, 1.807) is 12.3 Å². The lowest BCUT2D eigenvalue weighted by Crippen LogP contribution is -2.49. The van der Waals surface area contributed by atoms with Crippen molar-refractivity contribution in [2.24, 2.45) is 11.3 Å². The third kappa shape index (κ3) is 2.82. The summed E-state index contributed by atoms with van der Waals surface area (Å²) in [5.41, 5.74) is 1.62. The van der Waals surface area contributed by atoms with Crippen LogP contribution in [-0.2, 0) is 14.3 Å². The Morgan fingerprint density at radius 1 is 1.22 bits per heavy atom. The highest BCUT2D eigenvalue weighted by molar-refractivity contribution is 5.83. The second-order valence-corrected chi connectivity index (χ2v) is 8.37. The molecule has 1 aliphatic carbocycles. The molecule has 0 unspecified atom stereocenters. The molecule has 2 saturated heterocycles. The van der Waals surface area contributed by atoms with Gasteiger partial charge in [0.05, 0.1) is 19.3 Å². The van der Waals surface area contributed by atoms with E-state index < -0.39 is 0 Å². The van der Waals surface area contributed by atoms with Gasteiger partial charge in [0.1, 0.15) is 11.4 Å². The number of rotatable bonds is 2. The molecule has 3 aliphatic rings. The Labute approximate surface area is 156 Å². The standard InChI is InChI=1S/C21H22FNO4/c22-15-1-2-16-17(11-26-18(16)7-15)13-3-5-23(6-4-13)20(25)14-8-21(9-14)10-19(24)27-12-21/h1-2,7,11,13-14H,3-6,8-10,12H2. The van der Waals surface area contributed by atoms with Gasteiger partial charge in [-0.15, -0.1) is 0 Å². The van der Waals surface area contributed by atoms with Crippen molar-refractivity contribution in [3.05, 3.63) is 35.8 Å². The molecule has 1 saturated carbocycles. The van der Waals surface area contributed by atoms with Crippen molar-refractivity contribution in [3.63, 3.8) is 0 Å². The Morgan fingerprint density at radius 2 is 2.00 bits per heavy atom. The first-order chi connectivity index (χ1) is 13.0. The Morgan fingerprint density at radius 3 is 2.70 bits per heavy atom. The molecule has 0 N–H and O–H groups in total. The number of esters is 1. The molecule has 0 radical (unpaired) electrons. The van der Waals surface area contributed by atoms with Crippen LogP contribution in [-0.4, -0.2) is 36.5 Å². The van der Waals surface area contributed by atoms with Gasteiger partial charge < -0.3 is 14.1 Å². The van der Waals surface area contributed by atoms with Crippen molar-refractivity contribution in [2.75, 3.05) is 19.7 Å². The molecule has 1 aromatic carbocycles. The lowest BCUT2D eigenvalue weighted by atomic mass is 9.61. The number of piperidine rings is 1. The van der Waals surface area contributed by atoms with Crippen LogP contribution in [0.2, 0.25) is 0 Å². The van der Waals surface area contributed by atoms with E-state index in [1.807, 2.05) is 4.90 Å². The fourth-order valence-electron chi connectivity index (χ4n) is 5.07. The smallest absolute Gasteiger partial charge is 0.306 e. The zero-order valence-corrected chi connectivity index (χ0v) is 15.1. The molecule has 6 heteroatoms. The van der Waals surface area contributed by atoms with Crippen molar-refractivity contribution in [3.8, 4) is 0 Å². The molecule has 3 fully saturated rings. The van der Waals surface area contributed by atoms with Crippen LogP contribution in [0, 0.1) is 17.2 Å². The van der Waals surface area contributed by atoms with Crippen LogP contribution >= 0.6 is 0 Å². The van der Waals surface area contributed by atoms with E-state index in [2.05, 4.69) is 0 Å². The van der Waals surface area contributed by atoms with Gasteiger partial charge in [-0.25, -0.2) is 4.39 Å². The number of amides is 1. The van der Waals surface area contributed by atoms with Crippen molar-refractivity contribution < 1.29 is 23.1 Å². The number of cyclic esters (lactones) is 1. The first-order valence-electron chi connectivity index (χ1n) is 9.64. The van der Waals surface area contributed by atoms with Crippen molar-refractivity contribution >= 4 is 22.8 Å². The summed E-state index contributed by atoms with van der Waals surface area (Å²) >= 11 is 0. The third-order valence-electron chi connectivity index (χ3n) is 6.58. The minimum atomic E-state index is -0.295. The first kappa shape index (κ1) is 16.8. The van der Waals surface area contributed by atoms with Gasteiger partial charge in [-0.05, 0) is 43.7 Å². The number of fused-ring (bicyclic) bond motifs is 1. The summed E-state index contributed by atoms with van der Waals surface area (Å²) < 4.78 is 24.0. The van der Waals surface area contributed by atoms with Gasteiger partial charge in [-0.1, -0.05) is 0 Å². The summed E-state index contributed by atoms with van der Waals surface area (Å²) in [7, 11) is 0. The molecule has 142 valence electrons. The molecule has 5 rings (SSSR count). The quantitative estimate of drug-likeness (QED) is 0.757. The predicted octanol–water partition coefficient (Wildman–Crippen LogP) is 3.62. The Balaban J connectivity index is 1.20. The number of likely N-dealkylation sites (tertiary alicyclic amines) is 1. The number of carbonyl (C=O) groups is 2. The number of benzene rings is 1. The number of hydrogen-bond acceptors (Lipinski definition) is 4. The van der Waals surface area contributed by atoms with Crippen molar-refractivity contribution in [1.82, 2.24) is 4.90 Å². The minimum absolute atomic E-state index is 0.0359. The fraction of sp³-hybridized carbons (Fsp3) is 0.524. The van der Waals surface area contributed by atoms with Crippen LogP contribution in [0.1, 0.15) is 43.6 Å². The molecule has 3 heterocycles. The van der Waals surface area contributed by atoms with E-state index in [0.29, 0.717) is 24.5 Å². The van der Waals surface area contributed by atoms with E-state index >= 15 is 0 Å². The summed E-state index contributed by atoms with van der Waals surface area (Å²) in [5, 5.41) is 0.966. The molecule has 27 heavy (non-hydrogen) atoms. The summed E-state index contributed by atoms with van der Waals surface area (Å²) in [6.07, 6.45) is 5.52. The van der Waals surface area contributed by atoms with Gasteiger partial charge in [0.25, 0.3) is 0 Å². The van der Waals surface area contributed by atoms with Gasteiger partial charge >= 0.3 is 5.97 Å². The number of ether oxygens (including phenoxy) is 1. The van der Waals surface area contributed by atoms with Gasteiger partial charge in [-0.2, -0.15) is 0 Å². The topological polar surface area (TPSA) is 59.8 Å². The Bertz CT molecular complexity index is 906. The molecule has 2 aromatic rings. The van der Waals surface area contributed by atoms with Crippen molar-refractivity contribution in [1.29, 1.82) is 0 Å². The highest BCUT2D eigenvalue weighted by Gasteiger charge is 2.53. The first-order valence-corrected chi connectivity index (χ1v) is 9.64. The van der Waals surface area contributed by atoms with Crippen molar-refractivity contribution in [2.45, 2.75) is 38.0 Å². The maximum absolute atomic E-state index is 13.3. The molecule has 2 aliphatic heterocycles. The van der Waals surface area contributed by atoms with E-state index in [4.69, 9.17) is 9.15 Å². The molecule has 5 nitrogen and oxygen atoms in total. The van der Waals surface area contributed by atoms with Crippen LogP contribution in [0.15, 0.2) is 28.9 Å². The highest BCUT2D eigenvalue weighted by atomic mass is 19.1. The molecular weight excluding hydrogens is 349 g/mol. The SMILES string of the molecule is O=C1CC2(CO1)CC(C(=O)N1CCC(c3coc4cc(F)ccc34)CC1)C2. The van der Waals surface area contributed by atoms with Crippen LogP contribution in [0.4, 0.5) is 4.39 Å². The summed E-state index contributed by atoms with van der Waals surface area (Å²) in [6.45, 7) is 1.94. The van der Waals surface area contributed by atoms with Crippen LogP contribution in [0.5, 0.6) is 0 Å². The fourth-order valence-corrected chi connectivity index (χ4v) is 5.07. The van der Waals surface area contributed by atoms with E-state index in [1.165, 1.54) is 12.1 Å². The van der Waals surface area contributed by atoms with E-state index in [-0.39, 0.29) is 29.0 Å². The van der Waals surface area contributed by atoms with Gasteiger partial charge in [0.2, 0.25) is 5.91 Å². The molecule has 0 atom stereocenters. The van der Waals surface area contributed by atoms with Gasteiger partial charge in [0, 0.05) is 41.4 Å². The number of carbonyl (C=O) groups excluding carboxylic acids is 2. The lowest BCUT2D eigenvalue weighted by Gasteiger charge is -2.45. The summed E-state index contributed by atoms with van der Waals surface area (Å²) in [4.78, 5) is 26.1. The summed E-state index contributed by atoms with van der Waals surface area (Å²) in [6, 6.07) is 4.66. The lowest BCUT2D eigenvalue weighted by molar-refractivity contribution is -0.144. The number of hydrogen-bond donors (Lipinski definition) is 0. The maximum Gasteiger partial charge on any atom is 0.306 e. The average Bonchev–Trinajstić information content (AvgIpc) is 3.23. The van der Waals surface area contributed by atoms with Crippen LogP contribution in [0.3, 0.4) is 0 Å². The molecule has 1 amide bonds. The number of halogens is 1. The molecular formula is C21H22FNO4. The third-order valence-corrected chi connectivity index (χ3v) is 6.58. The zero-order valence-electron chi connectivity index (χ0n) is 15.1. The minimum Gasteiger partial charge on any atom is -0.465 e. The predicted molar refractivity (Wildman–Crippen MR) is 95.5 cm³/mol. The number of furan rings is 1. The monoisotopic (exact) mass is 371 g/mol. The molecule has 1 aromatic heterocycles. The van der Waals surface area contributed by atoms with Crippen LogP contribution in [0.25, 0.3) is 11.0 Å². The second-order valence-electron chi connectivity index (χ2n) is 8.37. The largest absolute Gasteiger partial charge is 0.465 e. The number of nitrogens with zero attached hydrogens (tertiary/aromatic N) is 1. The zero-order chi connectivity index (χ0) is 18.6. The average molecular weight is 371 g/mol. The highest BCUT2D eigenvalue weighted by Crippen LogP contribution is 2.52. The van der Waals surface area contributed by atoms with E-state index in [9.17, 15) is 14.0 Å². The van der Waals surface area contributed by atoms with E-state index in [0.717, 1.165) is 49.7 Å². The molecule has 1 spiro atoms. The van der Waals surface area contributed by atoms with Gasteiger partial charge in [0.15, 0.2) is 0 Å². The van der Waals surface area contributed by atoms with Gasteiger partial charge in [-0.3, -0.25) is 9.59 Å². The maximum atomic E-state index is 13.3. The second kappa shape index (κ2) is 6.08.